The minimum atomic E-state index is 0.0444. The molecule has 3 nitrogen and oxygen atoms in total. The molecule has 0 N–H and O–H groups in total. The number of hydrogen-bond acceptors (Lipinski definition) is 2. The molecule has 0 saturated carbocycles. The van der Waals surface area contributed by atoms with Crippen LogP contribution in [0.4, 0.5) is 0 Å². The number of nitrogens with zero attached hydrogens (tertiary/aromatic N) is 1. The van der Waals surface area contributed by atoms with Crippen LogP contribution in [0, 0.1) is 5.92 Å². The summed E-state index contributed by atoms with van der Waals surface area (Å²) in [6.45, 7) is 2.27. The maximum Gasteiger partial charge on any atom is 0.253 e. The lowest BCUT2D eigenvalue weighted by Gasteiger charge is -2.16. The van der Waals surface area contributed by atoms with E-state index in [1.54, 1.807) is 25.3 Å². The Labute approximate surface area is 120 Å². The number of halogens is 2. The molecule has 1 saturated heterocycles. The van der Waals surface area contributed by atoms with E-state index in [4.69, 9.17) is 16.3 Å². The lowest BCUT2D eigenvalue weighted by molar-refractivity contribution is 0.0775. The molecule has 0 radical (unpaired) electrons. The highest BCUT2D eigenvalue weighted by atomic mass is 79.9. The van der Waals surface area contributed by atoms with Crippen molar-refractivity contribution in [3.05, 3.63) is 33.3 Å². The van der Waals surface area contributed by atoms with Crippen molar-refractivity contribution < 1.29 is 9.53 Å². The second kappa shape index (κ2) is 6.04. The van der Waals surface area contributed by atoms with Gasteiger partial charge < -0.3 is 9.64 Å². The van der Waals surface area contributed by atoms with Gasteiger partial charge in [0.25, 0.3) is 5.91 Å². The van der Waals surface area contributed by atoms with Crippen LogP contribution in [0.15, 0.2) is 22.7 Å². The van der Waals surface area contributed by atoms with Gasteiger partial charge in [-0.25, -0.2) is 0 Å². The van der Waals surface area contributed by atoms with Crippen molar-refractivity contribution in [2.24, 2.45) is 5.92 Å². The first-order valence-electron chi connectivity index (χ1n) is 5.85. The monoisotopic (exact) mass is 331 g/mol. The Balaban J connectivity index is 2.05. The summed E-state index contributed by atoms with van der Waals surface area (Å²) in [6, 6.07) is 5.30. The molecule has 2 rings (SSSR count). The minimum absolute atomic E-state index is 0.0444. The van der Waals surface area contributed by atoms with Crippen LogP contribution in [0.2, 0.25) is 5.02 Å². The Morgan fingerprint density at radius 1 is 1.61 bits per heavy atom. The topological polar surface area (TPSA) is 29.5 Å². The zero-order chi connectivity index (χ0) is 13.1. The maximum absolute atomic E-state index is 12.3. The third-order valence-electron chi connectivity index (χ3n) is 3.14. The summed E-state index contributed by atoms with van der Waals surface area (Å²) in [5, 5.41) is 0.563. The Morgan fingerprint density at radius 3 is 3.06 bits per heavy atom. The fourth-order valence-electron chi connectivity index (χ4n) is 2.20. The molecule has 5 heteroatoms. The zero-order valence-corrected chi connectivity index (χ0v) is 12.5. The first kappa shape index (κ1) is 13.8. The van der Waals surface area contributed by atoms with Crippen LogP contribution in [0.3, 0.4) is 0 Å². The second-order valence-corrected chi connectivity index (χ2v) is 5.75. The number of benzene rings is 1. The van der Waals surface area contributed by atoms with E-state index >= 15 is 0 Å². The van der Waals surface area contributed by atoms with E-state index in [2.05, 4.69) is 15.9 Å². The van der Waals surface area contributed by atoms with E-state index in [0.717, 1.165) is 24.0 Å². The highest BCUT2D eigenvalue weighted by Crippen LogP contribution is 2.25. The summed E-state index contributed by atoms with van der Waals surface area (Å²) in [7, 11) is 1.69. The highest BCUT2D eigenvalue weighted by molar-refractivity contribution is 9.10. The number of carbonyl (C=O) groups is 1. The van der Waals surface area contributed by atoms with E-state index in [9.17, 15) is 4.79 Å². The van der Waals surface area contributed by atoms with Gasteiger partial charge in [-0.15, -0.1) is 0 Å². The van der Waals surface area contributed by atoms with Gasteiger partial charge in [0.05, 0.1) is 11.6 Å². The van der Waals surface area contributed by atoms with Gasteiger partial charge >= 0.3 is 0 Å². The van der Waals surface area contributed by atoms with E-state index in [-0.39, 0.29) is 5.91 Å². The Morgan fingerprint density at radius 2 is 2.39 bits per heavy atom. The fraction of sp³-hybridized carbons (Fsp3) is 0.462. The molecule has 98 valence electrons. The van der Waals surface area contributed by atoms with Crippen molar-refractivity contribution in [3.63, 3.8) is 0 Å². The van der Waals surface area contributed by atoms with E-state index < -0.39 is 0 Å². The molecule has 1 atom stereocenters. The molecular weight excluding hydrogens is 318 g/mol. The van der Waals surface area contributed by atoms with Gasteiger partial charge in [0.2, 0.25) is 0 Å². The molecule has 0 bridgehead atoms. The summed E-state index contributed by atoms with van der Waals surface area (Å²) < 4.78 is 5.93. The van der Waals surface area contributed by atoms with E-state index in [0.29, 0.717) is 23.1 Å². The maximum atomic E-state index is 12.3. The molecule has 1 aliphatic rings. The van der Waals surface area contributed by atoms with Gasteiger partial charge in [-0.3, -0.25) is 4.79 Å². The first-order valence-corrected chi connectivity index (χ1v) is 7.02. The summed E-state index contributed by atoms with van der Waals surface area (Å²) in [6.07, 6.45) is 1.00. The number of carbonyl (C=O) groups excluding carboxylic acids is 1. The van der Waals surface area contributed by atoms with Gasteiger partial charge in [0, 0.05) is 36.2 Å². The minimum Gasteiger partial charge on any atom is -0.384 e. The van der Waals surface area contributed by atoms with Crippen LogP contribution in [-0.4, -0.2) is 37.6 Å². The average molecular weight is 333 g/mol. The third kappa shape index (κ3) is 3.05. The van der Waals surface area contributed by atoms with E-state index in [1.165, 1.54) is 0 Å². The lowest BCUT2D eigenvalue weighted by atomic mass is 10.1. The first-order chi connectivity index (χ1) is 8.61. The van der Waals surface area contributed by atoms with Gasteiger partial charge in [0.1, 0.15) is 0 Å². The van der Waals surface area contributed by atoms with E-state index in [1.807, 2.05) is 4.90 Å². The van der Waals surface area contributed by atoms with Crippen molar-refractivity contribution in [2.45, 2.75) is 6.42 Å². The molecule has 18 heavy (non-hydrogen) atoms. The average Bonchev–Trinajstić information content (AvgIpc) is 2.81. The second-order valence-electron chi connectivity index (χ2n) is 4.49. The molecule has 1 unspecified atom stereocenters. The van der Waals surface area contributed by atoms with Crippen molar-refractivity contribution in [3.8, 4) is 0 Å². The number of rotatable bonds is 3. The Hall–Kier alpha value is -0.580. The smallest absolute Gasteiger partial charge is 0.253 e. The van der Waals surface area contributed by atoms with Crippen LogP contribution in [-0.2, 0) is 4.74 Å². The van der Waals surface area contributed by atoms with Crippen LogP contribution in [0.5, 0.6) is 0 Å². The van der Waals surface area contributed by atoms with Crippen molar-refractivity contribution in [1.29, 1.82) is 0 Å². The molecule has 0 spiro atoms. The van der Waals surface area contributed by atoms with Crippen LogP contribution in [0.25, 0.3) is 0 Å². The molecule has 1 aliphatic heterocycles. The summed E-state index contributed by atoms with van der Waals surface area (Å²) >= 11 is 9.32. The number of amides is 1. The summed E-state index contributed by atoms with van der Waals surface area (Å²) in [5.74, 6) is 0.493. The van der Waals surface area contributed by atoms with Gasteiger partial charge in [-0.2, -0.15) is 0 Å². The molecule has 1 amide bonds. The van der Waals surface area contributed by atoms with Crippen molar-refractivity contribution >= 4 is 33.4 Å². The van der Waals surface area contributed by atoms with Crippen molar-refractivity contribution in [2.75, 3.05) is 26.8 Å². The summed E-state index contributed by atoms with van der Waals surface area (Å²) in [4.78, 5) is 14.1. The number of ether oxygens (including phenoxy) is 1. The Bertz CT molecular complexity index is 453. The largest absolute Gasteiger partial charge is 0.384 e. The normalized spacial score (nSPS) is 19.3. The lowest BCUT2D eigenvalue weighted by Crippen LogP contribution is -2.29. The molecule has 1 fully saturated rings. The molecule has 0 aliphatic carbocycles. The van der Waals surface area contributed by atoms with Crippen LogP contribution >= 0.6 is 27.5 Å². The predicted molar refractivity (Wildman–Crippen MR) is 75.0 cm³/mol. The van der Waals surface area contributed by atoms with Crippen LogP contribution in [0.1, 0.15) is 16.8 Å². The number of likely N-dealkylation sites (tertiary alicyclic amines) is 1. The molecule has 0 aromatic heterocycles. The van der Waals surface area contributed by atoms with Crippen LogP contribution < -0.4 is 0 Å². The van der Waals surface area contributed by atoms with Gasteiger partial charge in [-0.05, 0) is 40.5 Å². The highest BCUT2D eigenvalue weighted by Gasteiger charge is 2.26. The third-order valence-corrected chi connectivity index (χ3v) is 4.37. The van der Waals surface area contributed by atoms with Gasteiger partial charge in [-0.1, -0.05) is 11.6 Å². The predicted octanol–water partition coefficient (Wildman–Crippen LogP) is 3.21. The van der Waals surface area contributed by atoms with Gasteiger partial charge in [0.15, 0.2) is 0 Å². The molecule has 1 aromatic carbocycles. The van der Waals surface area contributed by atoms with Crippen molar-refractivity contribution in [1.82, 2.24) is 4.90 Å². The Kier molecular flexibility index (Phi) is 4.65. The standard InChI is InChI=1S/C13H15BrClNO2/c1-18-8-9-4-5-16(7-9)13(17)10-2-3-11(14)12(15)6-10/h2-3,6,9H,4-5,7-8H2,1H3. The fourth-order valence-corrected chi connectivity index (χ4v) is 2.63. The molecule has 1 heterocycles. The molecular formula is C13H15BrClNO2. The summed E-state index contributed by atoms with van der Waals surface area (Å²) in [5.41, 5.74) is 0.640. The SMILES string of the molecule is COCC1CCN(C(=O)c2ccc(Br)c(Cl)c2)C1. The number of hydrogen-bond donors (Lipinski definition) is 0. The molecule has 1 aromatic rings. The quantitative estimate of drug-likeness (QED) is 0.850. The number of methoxy groups -OCH3 is 1. The zero-order valence-electron chi connectivity index (χ0n) is 10.2.